The lowest BCUT2D eigenvalue weighted by Gasteiger charge is -1.98. The number of allylic oxidation sites excluding steroid dienone is 1. The molecule has 0 bridgehead atoms. The van der Waals surface area contributed by atoms with Gasteiger partial charge in [0.15, 0.2) is 5.78 Å². The predicted molar refractivity (Wildman–Crippen MR) is 71.3 cm³/mol. The Bertz CT molecular complexity index is 544. The van der Waals surface area contributed by atoms with Crippen LogP contribution < -0.4 is 0 Å². The van der Waals surface area contributed by atoms with Gasteiger partial charge in [0.05, 0.1) is 5.02 Å². The van der Waals surface area contributed by atoms with Gasteiger partial charge in [0.2, 0.25) is 0 Å². The highest BCUT2D eigenvalue weighted by Crippen LogP contribution is 2.16. The van der Waals surface area contributed by atoms with E-state index in [9.17, 15) is 4.79 Å². The molecule has 0 unspecified atom stereocenters. The van der Waals surface area contributed by atoms with E-state index in [1.54, 1.807) is 30.3 Å². The van der Waals surface area contributed by atoms with Gasteiger partial charge in [0.1, 0.15) is 0 Å². The largest absolute Gasteiger partial charge is 0.289 e. The van der Waals surface area contributed by atoms with Gasteiger partial charge in [-0.25, -0.2) is 0 Å². The lowest BCUT2D eigenvalue weighted by molar-refractivity contribution is 0.104. The topological polar surface area (TPSA) is 17.1 Å². The molecule has 0 amide bonds. The smallest absolute Gasteiger partial charge is 0.187 e. The number of hydrogen-bond acceptors (Lipinski definition) is 1. The summed E-state index contributed by atoms with van der Waals surface area (Å²) in [6, 6.07) is 16.7. The second-order valence-electron chi connectivity index (χ2n) is 3.59. The van der Waals surface area contributed by atoms with E-state index >= 15 is 0 Å². The highest BCUT2D eigenvalue weighted by atomic mass is 35.5. The summed E-state index contributed by atoms with van der Waals surface area (Å²) in [5, 5.41) is 0.482. The van der Waals surface area contributed by atoms with Crippen molar-refractivity contribution < 1.29 is 4.79 Å². The minimum Gasteiger partial charge on any atom is -0.289 e. The summed E-state index contributed by atoms with van der Waals surface area (Å²) in [6.45, 7) is 0. The fourth-order valence-corrected chi connectivity index (χ4v) is 1.72. The van der Waals surface area contributed by atoms with Crippen LogP contribution in [0.1, 0.15) is 15.9 Å². The maximum atomic E-state index is 11.9. The monoisotopic (exact) mass is 242 g/mol. The third kappa shape index (κ3) is 3.05. The lowest BCUT2D eigenvalue weighted by atomic mass is 10.1. The predicted octanol–water partition coefficient (Wildman–Crippen LogP) is 4.24. The zero-order valence-corrected chi connectivity index (χ0v) is 9.89. The molecule has 2 aromatic rings. The van der Waals surface area contributed by atoms with E-state index in [1.165, 1.54) is 6.08 Å². The first kappa shape index (κ1) is 11.6. The van der Waals surface area contributed by atoms with Crippen molar-refractivity contribution in [2.75, 3.05) is 0 Å². The highest BCUT2D eigenvalue weighted by molar-refractivity contribution is 6.34. The number of carbonyl (C=O) groups excluding carboxylic acids is 1. The Labute approximate surface area is 105 Å². The van der Waals surface area contributed by atoms with Gasteiger partial charge in [-0.05, 0) is 23.8 Å². The molecule has 0 atom stereocenters. The first-order chi connectivity index (χ1) is 8.27. The van der Waals surface area contributed by atoms with Gasteiger partial charge in [-0.3, -0.25) is 4.79 Å². The summed E-state index contributed by atoms with van der Waals surface area (Å²) >= 11 is 5.95. The van der Waals surface area contributed by atoms with Crippen LogP contribution in [0.5, 0.6) is 0 Å². The van der Waals surface area contributed by atoms with Gasteiger partial charge in [-0.2, -0.15) is 0 Å². The minimum absolute atomic E-state index is 0.0838. The Morgan fingerprint density at radius 3 is 2.29 bits per heavy atom. The van der Waals surface area contributed by atoms with Gasteiger partial charge in [-0.1, -0.05) is 60.1 Å². The van der Waals surface area contributed by atoms with Crippen LogP contribution in [0.4, 0.5) is 0 Å². The number of carbonyl (C=O) groups is 1. The molecule has 0 saturated carbocycles. The molecule has 0 spiro atoms. The molecule has 0 radical (unpaired) electrons. The molecule has 0 fully saturated rings. The zero-order chi connectivity index (χ0) is 12.1. The maximum Gasteiger partial charge on any atom is 0.187 e. The lowest BCUT2D eigenvalue weighted by Crippen LogP contribution is -1.94. The van der Waals surface area contributed by atoms with E-state index in [0.29, 0.717) is 10.6 Å². The van der Waals surface area contributed by atoms with Crippen LogP contribution in [-0.2, 0) is 0 Å². The second-order valence-corrected chi connectivity index (χ2v) is 4.00. The summed E-state index contributed by atoms with van der Waals surface area (Å²) in [5.74, 6) is -0.0838. The SMILES string of the molecule is O=C(/C=C/c1ccccc1)c1ccccc1Cl. The quantitative estimate of drug-likeness (QED) is 0.581. The molecule has 2 aromatic carbocycles. The van der Waals surface area contributed by atoms with Crippen LogP contribution in [0, 0.1) is 0 Å². The Morgan fingerprint density at radius 2 is 1.59 bits per heavy atom. The number of rotatable bonds is 3. The second kappa shape index (κ2) is 5.46. The molecule has 0 aromatic heterocycles. The molecule has 0 aliphatic heterocycles. The van der Waals surface area contributed by atoms with Crippen molar-refractivity contribution in [1.29, 1.82) is 0 Å². The number of benzene rings is 2. The van der Waals surface area contributed by atoms with E-state index in [-0.39, 0.29) is 5.78 Å². The number of hydrogen-bond donors (Lipinski definition) is 0. The Hall–Kier alpha value is -1.86. The van der Waals surface area contributed by atoms with Crippen LogP contribution in [0.15, 0.2) is 60.7 Å². The van der Waals surface area contributed by atoms with Crippen LogP contribution in [0.2, 0.25) is 5.02 Å². The van der Waals surface area contributed by atoms with Gasteiger partial charge in [0, 0.05) is 5.56 Å². The summed E-state index contributed by atoms with van der Waals surface area (Å²) in [4.78, 5) is 11.9. The van der Waals surface area contributed by atoms with Crippen molar-refractivity contribution >= 4 is 23.5 Å². The van der Waals surface area contributed by atoms with Gasteiger partial charge in [0.25, 0.3) is 0 Å². The fourth-order valence-electron chi connectivity index (χ4n) is 1.49. The van der Waals surface area contributed by atoms with E-state index in [0.717, 1.165) is 5.56 Å². The highest BCUT2D eigenvalue weighted by Gasteiger charge is 2.05. The first-order valence-corrected chi connectivity index (χ1v) is 5.67. The molecule has 0 aliphatic rings. The third-order valence-corrected chi connectivity index (χ3v) is 2.70. The molecule has 2 rings (SSSR count). The van der Waals surface area contributed by atoms with Crippen molar-refractivity contribution in [1.82, 2.24) is 0 Å². The molecule has 17 heavy (non-hydrogen) atoms. The molecule has 0 heterocycles. The Balaban J connectivity index is 2.18. The van der Waals surface area contributed by atoms with Crippen molar-refractivity contribution in [2.45, 2.75) is 0 Å². The first-order valence-electron chi connectivity index (χ1n) is 5.29. The molecular formula is C15H11ClO. The van der Waals surface area contributed by atoms with E-state index < -0.39 is 0 Å². The zero-order valence-electron chi connectivity index (χ0n) is 9.14. The average Bonchev–Trinajstić information content (AvgIpc) is 2.38. The van der Waals surface area contributed by atoms with Crippen LogP contribution in [0.3, 0.4) is 0 Å². The number of halogens is 1. The Kier molecular flexibility index (Phi) is 3.73. The van der Waals surface area contributed by atoms with Gasteiger partial charge < -0.3 is 0 Å². The molecule has 1 nitrogen and oxygen atoms in total. The maximum absolute atomic E-state index is 11.9. The van der Waals surface area contributed by atoms with Gasteiger partial charge >= 0.3 is 0 Å². The summed E-state index contributed by atoms with van der Waals surface area (Å²) in [7, 11) is 0. The average molecular weight is 243 g/mol. The third-order valence-electron chi connectivity index (χ3n) is 2.37. The normalized spacial score (nSPS) is 10.6. The molecule has 2 heteroatoms. The molecule has 84 valence electrons. The number of ketones is 1. The van der Waals surface area contributed by atoms with Crippen LogP contribution in [0.25, 0.3) is 6.08 Å². The molecule has 0 saturated heterocycles. The standard InChI is InChI=1S/C15H11ClO/c16-14-9-5-4-8-13(14)15(17)11-10-12-6-2-1-3-7-12/h1-11H/b11-10+. The van der Waals surface area contributed by atoms with Gasteiger partial charge in [-0.15, -0.1) is 0 Å². The summed E-state index contributed by atoms with van der Waals surface area (Å²) in [6.07, 6.45) is 3.32. The molecule has 0 aliphatic carbocycles. The van der Waals surface area contributed by atoms with Crippen molar-refractivity contribution in [3.63, 3.8) is 0 Å². The van der Waals surface area contributed by atoms with Crippen molar-refractivity contribution in [2.24, 2.45) is 0 Å². The fraction of sp³-hybridized carbons (Fsp3) is 0. The molecule has 0 N–H and O–H groups in total. The Morgan fingerprint density at radius 1 is 0.941 bits per heavy atom. The summed E-state index contributed by atoms with van der Waals surface area (Å²) < 4.78 is 0. The minimum atomic E-state index is -0.0838. The van der Waals surface area contributed by atoms with E-state index in [2.05, 4.69) is 0 Å². The van der Waals surface area contributed by atoms with E-state index in [1.807, 2.05) is 30.3 Å². The summed E-state index contributed by atoms with van der Waals surface area (Å²) in [5.41, 5.74) is 1.52. The van der Waals surface area contributed by atoms with Crippen molar-refractivity contribution in [3.05, 3.63) is 76.8 Å². The van der Waals surface area contributed by atoms with Crippen LogP contribution in [-0.4, -0.2) is 5.78 Å². The van der Waals surface area contributed by atoms with Crippen molar-refractivity contribution in [3.8, 4) is 0 Å². The molecular weight excluding hydrogens is 232 g/mol. The van der Waals surface area contributed by atoms with E-state index in [4.69, 9.17) is 11.6 Å². The van der Waals surface area contributed by atoms with Crippen LogP contribution >= 0.6 is 11.6 Å².